The molecular formula is C9H11N3O. The minimum absolute atomic E-state index is 0.772. The molecule has 0 radical (unpaired) electrons. The van der Waals surface area contributed by atoms with Gasteiger partial charge in [-0.3, -0.25) is 5.10 Å². The fraction of sp³-hybridized carbons (Fsp3) is 0.333. The van der Waals surface area contributed by atoms with Gasteiger partial charge < -0.3 is 4.74 Å². The molecule has 68 valence electrons. The molecule has 2 aromatic heterocycles. The normalized spacial score (nSPS) is 10.6. The second-order valence-electron chi connectivity index (χ2n) is 2.80. The number of pyridine rings is 1. The Kier molecular flexibility index (Phi) is 1.88. The SMILES string of the molecule is CCc1cnc2[nH]ncc2c1OC. The van der Waals surface area contributed by atoms with Crippen molar-refractivity contribution < 1.29 is 4.74 Å². The Hall–Kier alpha value is -1.58. The van der Waals surface area contributed by atoms with Crippen LogP contribution < -0.4 is 4.74 Å². The van der Waals surface area contributed by atoms with Crippen molar-refractivity contribution >= 4 is 11.0 Å². The summed E-state index contributed by atoms with van der Waals surface area (Å²) in [5.41, 5.74) is 1.88. The Labute approximate surface area is 75.9 Å². The van der Waals surface area contributed by atoms with Gasteiger partial charge in [-0.25, -0.2) is 4.98 Å². The number of fused-ring (bicyclic) bond motifs is 1. The molecular weight excluding hydrogens is 166 g/mol. The van der Waals surface area contributed by atoms with Crippen molar-refractivity contribution in [3.8, 4) is 5.75 Å². The summed E-state index contributed by atoms with van der Waals surface area (Å²) in [7, 11) is 1.67. The Bertz CT molecular complexity index is 422. The summed E-state index contributed by atoms with van der Waals surface area (Å²) in [6.07, 6.45) is 4.47. The van der Waals surface area contributed by atoms with Gasteiger partial charge in [-0.2, -0.15) is 5.10 Å². The standard InChI is InChI=1S/C9H11N3O/c1-3-6-4-10-9-7(5-11-12-9)8(6)13-2/h4-5H,3H2,1-2H3,(H,10,11,12). The van der Waals surface area contributed by atoms with E-state index in [1.54, 1.807) is 13.3 Å². The van der Waals surface area contributed by atoms with Crippen molar-refractivity contribution in [2.24, 2.45) is 0 Å². The highest BCUT2D eigenvalue weighted by atomic mass is 16.5. The minimum Gasteiger partial charge on any atom is -0.496 e. The second-order valence-corrected chi connectivity index (χ2v) is 2.80. The van der Waals surface area contributed by atoms with Gasteiger partial charge in [0.1, 0.15) is 5.75 Å². The maximum absolute atomic E-state index is 5.31. The van der Waals surface area contributed by atoms with E-state index in [0.29, 0.717) is 0 Å². The van der Waals surface area contributed by atoms with Crippen molar-refractivity contribution in [3.63, 3.8) is 0 Å². The zero-order valence-corrected chi connectivity index (χ0v) is 7.66. The molecule has 13 heavy (non-hydrogen) atoms. The molecule has 1 N–H and O–H groups in total. The molecule has 0 fully saturated rings. The van der Waals surface area contributed by atoms with Crippen LogP contribution in [0.25, 0.3) is 11.0 Å². The van der Waals surface area contributed by atoms with Gasteiger partial charge in [-0.05, 0) is 6.42 Å². The lowest BCUT2D eigenvalue weighted by Crippen LogP contribution is -1.92. The Balaban J connectivity index is 2.74. The number of aromatic nitrogens is 3. The van der Waals surface area contributed by atoms with E-state index in [1.807, 2.05) is 6.20 Å². The zero-order chi connectivity index (χ0) is 9.26. The molecule has 0 saturated carbocycles. The number of nitrogens with one attached hydrogen (secondary N) is 1. The van der Waals surface area contributed by atoms with E-state index in [1.165, 1.54) is 0 Å². The molecule has 0 bridgehead atoms. The summed E-state index contributed by atoms with van der Waals surface area (Å²) in [6.45, 7) is 2.07. The lowest BCUT2D eigenvalue weighted by atomic mass is 10.2. The van der Waals surface area contributed by atoms with E-state index < -0.39 is 0 Å². The van der Waals surface area contributed by atoms with Crippen molar-refractivity contribution in [3.05, 3.63) is 18.0 Å². The minimum atomic E-state index is 0.772. The number of hydrogen-bond acceptors (Lipinski definition) is 3. The van der Waals surface area contributed by atoms with Crippen molar-refractivity contribution in [1.82, 2.24) is 15.2 Å². The quantitative estimate of drug-likeness (QED) is 0.756. The van der Waals surface area contributed by atoms with Crippen LogP contribution in [-0.4, -0.2) is 22.3 Å². The van der Waals surface area contributed by atoms with Crippen LogP contribution in [0.15, 0.2) is 12.4 Å². The second kappa shape index (κ2) is 3.05. The smallest absolute Gasteiger partial charge is 0.158 e. The number of aromatic amines is 1. The number of hydrogen-bond donors (Lipinski definition) is 1. The van der Waals surface area contributed by atoms with Gasteiger partial charge in [-0.15, -0.1) is 0 Å². The molecule has 4 heteroatoms. The monoisotopic (exact) mass is 177 g/mol. The highest BCUT2D eigenvalue weighted by molar-refractivity contribution is 5.82. The summed E-state index contributed by atoms with van der Waals surface area (Å²) in [5.74, 6) is 0.876. The summed E-state index contributed by atoms with van der Waals surface area (Å²) < 4.78 is 5.31. The molecule has 0 atom stereocenters. The number of aryl methyl sites for hydroxylation is 1. The number of ether oxygens (including phenoxy) is 1. The molecule has 0 aromatic carbocycles. The van der Waals surface area contributed by atoms with Crippen LogP contribution in [0.1, 0.15) is 12.5 Å². The molecule has 0 unspecified atom stereocenters. The average Bonchev–Trinajstić information content (AvgIpc) is 2.63. The third-order valence-electron chi connectivity index (χ3n) is 2.09. The average molecular weight is 177 g/mol. The molecule has 2 aromatic rings. The molecule has 0 aliphatic rings. The predicted octanol–water partition coefficient (Wildman–Crippen LogP) is 1.53. The first-order chi connectivity index (χ1) is 6.36. The van der Waals surface area contributed by atoms with E-state index >= 15 is 0 Å². The summed E-state index contributed by atoms with van der Waals surface area (Å²) in [6, 6.07) is 0. The van der Waals surface area contributed by atoms with Gasteiger partial charge in [0.05, 0.1) is 18.7 Å². The van der Waals surface area contributed by atoms with Gasteiger partial charge in [0.25, 0.3) is 0 Å². The van der Waals surface area contributed by atoms with Crippen molar-refractivity contribution in [2.75, 3.05) is 7.11 Å². The number of H-pyrrole nitrogens is 1. The first-order valence-electron chi connectivity index (χ1n) is 4.21. The van der Waals surface area contributed by atoms with Crippen LogP contribution in [0.2, 0.25) is 0 Å². The Morgan fingerprint density at radius 2 is 2.31 bits per heavy atom. The van der Waals surface area contributed by atoms with Crippen LogP contribution in [0.4, 0.5) is 0 Å². The van der Waals surface area contributed by atoms with Gasteiger partial charge >= 0.3 is 0 Å². The predicted molar refractivity (Wildman–Crippen MR) is 49.8 cm³/mol. The summed E-state index contributed by atoms with van der Waals surface area (Å²) in [4.78, 5) is 4.22. The molecule has 0 aliphatic heterocycles. The molecule has 0 amide bonds. The van der Waals surface area contributed by atoms with E-state index in [-0.39, 0.29) is 0 Å². The zero-order valence-electron chi connectivity index (χ0n) is 7.66. The molecule has 0 aliphatic carbocycles. The first-order valence-corrected chi connectivity index (χ1v) is 4.21. The Morgan fingerprint density at radius 1 is 1.46 bits per heavy atom. The van der Waals surface area contributed by atoms with Crippen LogP contribution in [0.5, 0.6) is 5.75 Å². The Morgan fingerprint density at radius 3 is 3.00 bits per heavy atom. The van der Waals surface area contributed by atoms with Crippen LogP contribution in [0, 0.1) is 0 Å². The highest BCUT2D eigenvalue weighted by Gasteiger charge is 2.08. The third-order valence-corrected chi connectivity index (χ3v) is 2.09. The molecule has 2 rings (SSSR count). The van der Waals surface area contributed by atoms with E-state index in [0.717, 1.165) is 28.8 Å². The van der Waals surface area contributed by atoms with Gasteiger partial charge in [0.15, 0.2) is 5.65 Å². The van der Waals surface area contributed by atoms with E-state index in [2.05, 4.69) is 22.1 Å². The van der Waals surface area contributed by atoms with Crippen LogP contribution in [0.3, 0.4) is 0 Å². The lowest BCUT2D eigenvalue weighted by molar-refractivity contribution is 0.415. The van der Waals surface area contributed by atoms with Crippen molar-refractivity contribution in [2.45, 2.75) is 13.3 Å². The van der Waals surface area contributed by atoms with E-state index in [4.69, 9.17) is 4.74 Å². The van der Waals surface area contributed by atoms with Crippen LogP contribution >= 0.6 is 0 Å². The highest BCUT2D eigenvalue weighted by Crippen LogP contribution is 2.26. The topological polar surface area (TPSA) is 50.8 Å². The molecule has 0 saturated heterocycles. The number of rotatable bonds is 2. The number of nitrogens with zero attached hydrogens (tertiary/aromatic N) is 2. The summed E-state index contributed by atoms with van der Waals surface area (Å²) in [5, 5.41) is 7.67. The van der Waals surface area contributed by atoms with Crippen LogP contribution in [-0.2, 0) is 6.42 Å². The number of methoxy groups -OCH3 is 1. The van der Waals surface area contributed by atoms with Crippen molar-refractivity contribution in [1.29, 1.82) is 0 Å². The summed E-state index contributed by atoms with van der Waals surface area (Å²) >= 11 is 0. The fourth-order valence-electron chi connectivity index (χ4n) is 1.41. The van der Waals surface area contributed by atoms with E-state index in [9.17, 15) is 0 Å². The molecule has 2 heterocycles. The molecule has 4 nitrogen and oxygen atoms in total. The largest absolute Gasteiger partial charge is 0.496 e. The maximum Gasteiger partial charge on any atom is 0.158 e. The fourth-order valence-corrected chi connectivity index (χ4v) is 1.41. The van der Waals surface area contributed by atoms with Gasteiger partial charge in [0.2, 0.25) is 0 Å². The third kappa shape index (κ3) is 1.14. The molecule has 0 spiro atoms. The van der Waals surface area contributed by atoms with Gasteiger partial charge in [-0.1, -0.05) is 6.92 Å². The maximum atomic E-state index is 5.31. The lowest BCUT2D eigenvalue weighted by Gasteiger charge is -2.05. The first kappa shape index (κ1) is 8.04. The van der Waals surface area contributed by atoms with Gasteiger partial charge in [0, 0.05) is 11.8 Å².